The Morgan fingerprint density at radius 3 is 2.89 bits per heavy atom. The topological polar surface area (TPSA) is 53.8 Å². The van der Waals surface area contributed by atoms with Crippen molar-refractivity contribution in [3.63, 3.8) is 0 Å². The molecular formula is C13H7ClN2OS. The molecule has 0 unspecified atom stereocenters. The second-order valence-electron chi connectivity index (χ2n) is 3.38. The second kappa shape index (κ2) is 5.67. The molecule has 0 aliphatic rings. The SMILES string of the molecule is N#Cc1cc(C=O)ccc1Sc1ncccc1Cl. The lowest BCUT2D eigenvalue weighted by Crippen LogP contribution is -1.87. The Morgan fingerprint density at radius 1 is 1.39 bits per heavy atom. The van der Waals surface area contributed by atoms with Crippen LogP contribution in [0.15, 0.2) is 46.5 Å². The van der Waals surface area contributed by atoms with Crippen LogP contribution >= 0.6 is 23.4 Å². The molecule has 18 heavy (non-hydrogen) atoms. The van der Waals surface area contributed by atoms with Crippen molar-refractivity contribution < 1.29 is 4.79 Å². The van der Waals surface area contributed by atoms with Crippen LogP contribution in [0.5, 0.6) is 0 Å². The Morgan fingerprint density at radius 2 is 2.22 bits per heavy atom. The van der Waals surface area contributed by atoms with E-state index in [1.54, 1.807) is 36.5 Å². The van der Waals surface area contributed by atoms with Crippen LogP contribution in [-0.4, -0.2) is 11.3 Å². The van der Waals surface area contributed by atoms with E-state index in [9.17, 15) is 4.79 Å². The first-order valence-corrected chi connectivity index (χ1v) is 6.21. The highest BCUT2D eigenvalue weighted by atomic mass is 35.5. The summed E-state index contributed by atoms with van der Waals surface area (Å²) < 4.78 is 0. The molecule has 0 radical (unpaired) electrons. The van der Waals surface area contributed by atoms with Gasteiger partial charge in [-0.2, -0.15) is 5.26 Å². The fourth-order valence-electron chi connectivity index (χ4n) is 1.35. The van der Waals surface area contributed by atoms with Gasteiger partial charge in [0.05, 0.1) is 10.6 Å². The number of nitrogens with zero attached hydrogens (tertiary/aromatic N) is 2. The summed E-state index contributed by atoms with van der Waals surface area (Å²) in [7, 11) is 0. The summed E-state index contributed by atoms with van der Waals surface area (Å²) in [5.74, 6) is 0. The number of aromatic nitrogens is 1. The minimum atomic E-state index is 0.436. The molecule has 0 amide bonds. The van der Waals surface area contributed by atoms with Crippen molar-refractivity contribution in [2.24, 2.45) is 0 Å². The molecule has 1 aromatic carbocycles. The van der Waals surface area contributed by atoms with Gasteiger partial charge in [-0.25, -0.2) is 4.98 Å². The predicted molar refractivity (Wildman–Crippen MR) is 69.9 cm³/mol. The summed E-state index contributed by atoms with van der Waals surface area (Å²) in [6.07, 6.45) is 2.35. The molecule has 0 aliphatic carbocycles. The van der Waals surface area contributed by atoms with Gasteiger partial charge in [-0.3, -0.25) is 4.79 Å². The van der Waals surface area contributed by atoms with Crippen molar-refractivity contribution in [2.75, 3.05) is 0 Å². The smallest absolute Gasteiger partial charge is 0.150 e. The van der Waals surface area contributed by atoms with E-state index in [0.29, 0.717) is 27.5 Å². The fourth-order valence-corrected chi connectivity index (χ4v) is 2.42. The first-order valence-electron chi connectivity index (χ1n) is 5.02. The first-order chi connectivity index (χ1) is 8.74. The van der Waals surface area contributed by atoms with Gasteiger partial charge in [0, 0.05) is 16.7 Å². The third-order valence-electron chi connectivity index (χ3n) is 2.19. The van der Waals surface area contributed by atoms with Gasteiger partial charge in [0.1, 0.15) is 17.4 Å². The Hall–Kier alpha value is -1.83. The van der Waals surface area contributed by atoms with Crippen LogP contribution < -0.4 is 0 Å². The van der Waals surface area contributed by atoms with Crippen LogP contribution in [0.25, 0.3) is 0 Å². The molecule has 1 aromatic heterocycles. The molecular weight excluding hydrogens is 268 g/mol. The molecule has 5 heteroatoms. The summed E-state index contributed by atoms with van der Waals surface area (Å²) >= 11 is 7.31. The van der Waals surface area contributed by atoms with Crippen molar-refractivity contribution in [1.29, 1.82) is 5.26 Å². The van der Waals surface area contributed by atoms with Crippen molar-refractivity contribution >= 4 is 29.6 Å². The molecule has 0 aliphatic heterocycles. The molecule has 88 valence electrons. The van der Waals surface area contributed by atoms with Crippen LogP contribution in [0, 0.1) is 11.3 Å². The number of hydrogen-bond donors (Lipinski definition) is 0. The van der Waals surface area contributed by atoms with Crippen LogP contribution in [0.4, 0.5) is 0 Å². The molecule has 0 N–H and O–H groups in total. The molecule has 2 rings (SSSR count). The average Bonchev–Trinajstić information content (AvgIpc) is 2.41. The van der Waals surface area contributed by atoms with Crippen LogP contribution in [0.1, 0.15) is 15.9 Å². The number of benzene rings is 1. The van der Waals surface area contributed by atoms with Gasteiger partial charge in [-0.1, -0.05) is 29.4 Å². The number of pyridine rings is 1. The second-order valence-corrected chi connectivity index (χ2v) is 4.82. The molecule has 0 atom stereocenters. The normalized spacial score (nSPS) is 9.78. The zero-order valence-corrected chi connectivity index (χ0v) is 10.7. The van der Waals surface area contributed by atoms with Crippen molar-refractivity contribution in [2.45, 2.75) is 9.92 Å². The maximum Gasteiger partial charge on any atom is 0.150 e. The summed E-state index contributed by atoms with van der Waals surface area (Å²) in [6, 6.07) is 10.5. The quantitative estimate of drug-likeness (QED) is 0.803. The molecule has 0 spiro atoms. The van der Waals surface area contributed by atoms with Gasteiger partial charge in [0.15, 0.2) is 0 Å². The molecule has 1 heterocycles. The largest absolute Gasteiger partial charge is 0.298 e. The Balaban J connectivity index is 2.38. The molecule has 0 saturated heterocycles. The first kappa shape index (κ1) is 12.6. The Kier molecular flexibility index (Phi) is 3.98. The summed E-state index contributed by atoms with van der Waals surface area (Å²) in [4.78, 5) is 15.5. The minimum absolute atomic E-state index is 0.436. The van der Waals surface area contributed by atoms with E-state index in [-0.39, 0.29) is 0 Å². The number of rotatable bonds is 3. The third-order valence-corrected chi connectivity index (χ3v) is 3.70. The highest BCUT2D eigenvalue weighted by Gasteiger charge is 2.08. The highest BCUT2D eigenvalue weighted by molar-refractivity contribution is 7.99. The minimum Gasteiger partial charge on any atom is -0.298 e. The number of carbonyl (C=O) groups is 1. The van der Waals surface area contributed by atoms with Crippen LogP contribution in [0.3, 0.4) is 0 Å². The molecule has 0 fully saturated rings. The Bertz CT molecular complexity index is 637. The fraction of sp³-hybridized carbons (Fsp3) is 0. The van der Waals surface area contributed by atoms with E-state index in [1.807, 2.05) is 0 Å². The third kappa shape index (κ3) is 2.70. The number of halogens is 1. The number of nitriles is 1. The van der Waals surface area contributed by atoms with Crippen LogP contribution in [-0.2, 0) is 0 Å². The Labute approximate surface area is 113 Å². The van der Waals surface area contributed by atoms with Gasteiger partial charge < -0.3 is 0 Å². The lowest BCUT2D eigenvalue weighted by atomic mass is 10.1. The van der Waals surface area contributed by atoms with Gasteiger partial charge in [0.25, 0.3) is 0 Å². The van der Waals surface area contributed by atoms with Gasteiger partial charge in [-0.15, -0.1) is 0 Å². The van der Waals surface area contributed by atoms with E-state index in [1.165, 1.54) is 11.8 Å². The zero-order valence-electron chi connectivity index (χ0n) is 9.13. The zero-order chi connectivity index (χ0) is 13.0. The van der Waals surface area contributed by atoms with Gasteiger partial charge in [-0.05, 0) is 24.3 Å². The number of carbonyl (C=O) groups excluding carboxylic acids is 1. The maximum atomic E-state index is 10.6. The standard InChI is InChI=1S/C13H7ClN2OS/c14-11-2-1-5-16-13(11)18-12-4-3-9(8-17)6-10(12)7-15/h1-6,8H. The van der Waals surface area contributed by atoms with Crippen LogP contribution in [0.2, 0.25) is 5.02 Å². The molecule has 0 bridgehead atoms. The lowest BCUT2D eigenvalue weighted by Gasteiger charge is -2.05. The lowest BCUT2D eigenvalue weighted by molar-refractivity contribution is 0.112. The van der Waals surface area contributed by atoms with E-state index in [0.717, 1.165) is 4.90 Å². The monoisotopic (exact) mass is 274 g/mol. The van der Waals surface area contributed by atoms with Crippen molar-refractivity contribution in [1.82, 2.24) is 4.98 Å². The van der Waals surface area contributed by atoms with E-state index < -0.39 is 0 Å². The number of hydrogen-bond acceptors (Lipinski definition) is 4. The van der Waals surface area contributed by atoms with E-state index in [4.69, 9.17) is 16.9 Å². The summed E-state index contributed by atoms with van der Waals surface area (Å²) in [6.45, 7) is 0. The van der Waals surface area contributed by atoms with Crippen molar-refractivity contribution in [3.05, 3.63) is 52.7 Å². The number of aldehydes is 1. The van der Waals surface area contributed by atoms with Crippen molar-refractivity contribution in [3.8, 4) is 6.07 Å². The predicted octanol–water partition coefficient (Wildman–Crippen LogP) is 3.57. The van der Waals surface area contributed by atoms with Gasteiger partial charge in [0.2, 0.25) is 0 Å². The van der Waals surface area contributed by atoms with E-state index in [2.05, 4.69) is 11.1 Å². The maximum absolute atomic E-state index is 10.6. The summed E-state index contributed by atoms with van der Waals surface area (Å²) in [5.41, 5.74) is 0.911. The highest BCUT2D eigenvalue weighted by Crippen LogP contribution is 2.33. The molecule has 2 aromatic rings. The summed E-state index contributed by atoms with van der Waals surface area (Å²) in [5, 5.41) is 10.2. The van der Waals surface area contributed by atoms with E-state index >= 15 is 0 Å². The molecule has 0 saturated carbocycles. The molecule has 3 nitrogen and oxygen atoms in total. The van der Waals surface area contributed by atoms with Gasteiger partial charge >= 0.3 is 0 Å². The average molecular weight is 275 g/mol.